The molecule has 0 aromatic carbocycles. The van der Waals surface area contributed by atoms with E-state index in [1.54, 1.807) is 0 Å². The molecule has 6 heteroatoms. The largest absolute Gasteiger partial charge is 0.462 e. The second-order valence-electron chi connectivity index (χ2n) is 19.9. The predicted molar refractivity (Wildman–Crippen MR) is 320 cm³/mol. The molecule has 0 aliphatic carbocycles. The molecule has 0 aromatic rings. The van der Waals surface area contributed by atoms with E-state index >= 15 is 0 Å². The number of unbranched alkanes of at least 4 members (excludes halogenated alkanes) is 23. The van der Waals surface area contributed by atoms with E-state index < -0.39 is 6.10 Å². The number of allylic oxidation sites excluding steroid dienone is 20. The van der Waals surface area contributed by atoms with Gasteiger partial charge in [-0.3, -0.25) is 14.4 Å². The molecule has 0 fully saturated rings. The fraction of sp³-hybridized carbons (Fsp3) is 0.662. The lowest BCUT2D eigenvalue weighted by molar-refractivity contribution is -0.167. The molecule has 0 saturated heterocycles. The van der Waals surface area contributed by atoms with Crippen LogP contribution in [0.15, 0.2) is 122 Å². The Bertz CT molecular complexity index is 1550. The number of carbonyl (C=O) groups is 3. The normalized spacial score (nSPS) is 13.0. The second-order valence-corrected chi connectivity index (χ2v) is 19.9. The smallest absolute Gasteiger partial charge is 0.306 e. The van der Waals surface area contributed by atoms with Crippen molar-refractivity contribution in [3.8, 4) is 0 Å². The first-order valence-corrected chi connectivity index (χ1v) is 30.5. The Morgan fingerprint density at radius 1 is 0.284 bits per heavy atom. The lowest BCUT2D eigenvalue weighted by Gasteiger charge is -2.18. The van der Waals surface area contributed by atoms with Gasteiger partial charge in [0, 0.05) is 19.3 Å². The first-order chi connectivity index (χ1) is 36.5. The van der Waals surface area contributed by atoms with Crippen LogP contribution in [0.4, 0.5) is 0 Å². The third-order valence-electron chi connectivity index (χ3n) is 12.7. The Hall–Kier alpha value is -4.19. The molecule has 0 aromatic heterocycles. The average Bonchev–Trinajstić information content (AvgIpc) is 3.40. The summed E-state index contributed by atoms with van der Waals surface area (Å²) >= 11 is 0. The van der Waals surface area contributed by atoms with E-state index in [1.807, 2.05) is 0 Å². The summed E-state index contributed by atoms with van der Waals surface area (Å²) in [5, 5.41) is 0. The Balaban J connectivity index is 4.47. The van der Waals surface area contributed by atoms with Gasteiger partial charge < -0.3 is 14.2 Å². The lowest BCUT2D eigenvalue weighted by Crippen LogP contribution is -2.30. The molecule has 0 aliphatic heterocycles. The maximum Gasteiger partial charge on any atom is 0.306 e. The van der Waals surface area contributed by atoms with Gasteiger partial charge in [0.1, 0.15) is 13.2 Å². The summed E-state index contributed by atoms with van der Waals surface area (Å²) in [6.07, 6.45) is 84.8. The van der Waals surface area contributed by atoms with Crippen molar-refractivity contribution < 1.29 is 28.6 Å². The van der Waals surface area contributed by atoms with Crippen LogP contribution >= 0.6 is 0 Å². The quantitative estimate of drug-likeness (QED) is 0.0261. The molecule has 1 atom stereocenters. The van der Waals surface area contributed by atoms with Gasteiger partial charge in [0.25, 0.3) is 0 Å². The molecule has 0 radical (unpaired) electrons. The fourth-order valence-electron chi connectivity index (χ4n) is 8.21. The van der Waals surface area contributed by atoms with E-state index in [0.29, 0.717) is 19.3 Å². The molecule has 0 amide bonds. The summed E-state index contributed by atoms with van der Waals surface area (Å²) in [6.45, 7) is 6.37. The van der Waals surface area contributed by atoms with Crippen LogP contribution in [0.2, 0.25) is 0 Å². The lowest BCUT2D eigenvalue weighted by atomic mass is 10.0. The van der Waals surface area contributed by atoms with Gasteiger partial charge in [0.05, 0.1) is 0 Å². The van der Waals surface area contributed by atoms with Gasteiger partial charge in [-0.05, 0) is 103 Å². The molecule has 0 bridgehead atoms. The minimum Gasteiger partial charge on any atom is -0.462 e. The van der Waals surface area contributed by atoms with Crippen molar-refractivity contribution in [3.63, 3.8) is 0 Å². The molecule has 0 heterocycles. The highest BCUT2D eigenvalue weighted by molar-refractivity contribution is 5.71. The Kier molecular flexibility index (Phi) is 57.9. The summed E-state index contributed by atoms with van der Waals surface area (Å²) < 4.78 is 16.9. The van der Waals surface area contributed by atoms with Crippen LogP contribution < -0.4 is 0 Å². The number of ether oxygens (including phenoxy) is 3. The molecule has 1 unspecified atom stereocenters. The molecule has 0 saturated carbocycles. The number of hydrogen-bond donors (Lipinski definition) is 0. The summed E-state index contributed by atoms with van der Waals surface area (Å²) in [4.78, 5) is 38.3. The number of rotatable bonds is 54. The zero-order valence-electron chi connectivity index (χ0n) is 48.1. The van der Waals surface area contributed by atoms with Gasteiger partial charge in [0.15, 0.2) is 6.10 Å². The standard InChI is InChI=1S/C68H112O6/c1-4-7-10-13-16-19-22-25-28-31-32-33-34-35-36-38-40-43-46-49-52-55-58-61-67(70)73-64-65(63-72-66(69)60-57-54-51-48-45-42-39-30-27-24-21-18-15-12-9-6-3)74-68(71)62-59-56-53-50-47-44-41-37-29-26-23-20-17-14-11-8-5-2/h7-8,10-11,16-17,19-20,25-26,28-29,32-33,35-36,41,44,50,53,65H,4-6,9,12-15,18,21-24,27,30-31,34,37-40,42-43,45-49,51-52,54-64H2,1-3H3/b10-7-,11-8-,19-16-,20-17-,28-25-,29-26-,33-32-,36-35-,44-41-,53-50-. The summed E-state index contributed by atoms with van der Waals surface area (Å²) in [7, 11) is 0. The van der Waals surface area contributed by atoms with Crippen molar-refractivity contribution in [2.75, 3.05) is 13.2 Å². The highest BCUT2D eigenvalue weighted by atomic mass is 16.6. The van der Waals surface area contributed by atoms with Crippen molar-refractivity contribution in [2.45, 2.75) is 277 Å². The first kappa shape index (κ1) is 69.8. The van der Waals surface area contributed by atoms with E-state index in [-0.39, 0.29) is 37.5 Å². The summed E-state index contributed by atoms with van der Waals surface area (Å²) in [6, 6.07) is 0. The van der Waals surface area contributed by atoms with Gasteiger partial charge in [-0.15, -0.1) is 0 Å². The van der Waals surface area contributed by atoms with Crippen molar-refractivity contribution in [2.24, 2.45) is 0 Å². The zero-order chi connectivity index (χ0) is 53.6. The van der Waals surface area contributed by atoms with E-state index in [2.05, 4.69) is 142 Å². The van der Waals surface area contributed by atoms with Crippen molar-refractivity contribution in [3.05, 3.63) is 122 Å². The van der Waals surface area contributed by atoms with Crippen LogP contribution in [0.1, 0.15) is 271 Å². The van der Waals surface area contributed by atoms with Crippen molar-refractivity contribution in [1.82, 2.24) is 0 Å². The SMILES string of the molecule is CC/C=C\C/C=C\C/C=C\C/C=C\C/C=C\CCCCCCCCCC(=O)OCC(COC(=O)CCCCCCCCCCCCCCCCCC)OC(=O)CCC/C=C\C/C=C\C/C=C\C/C=C\C/C=C\CC. The molecule has 420 valence electrons. The third-order valence-corrected chi connectivity index (χ3v) is 12.7. The zero-order valence-corrected chi connectivity index (χ0v) is 48.1. The van der Waals surface area contributed by atoms with E-state index in [9.17, 15) is 14.4 Å². The van der Waals surface area contributed by atoms with Crippen molar-refractivity contribution in [1.29, 1.82) is 0 Å². The molecule has 74 heavy (non-hydrogen) atoms. The topological polar surface area (TPSA) is 78.9 Å². The summed E-state index contributed by atoms with van der Waals surface area (Å²) in [5.41, 5.74) is 0. The van der Waals surface area contributed by atoms with Crippen LogP contribution in [0.3, 0.4) is 0 Å². The molecule has 0 N–H and O–H groups in total. The number of carbonyl (C=O) groups excluding carboxylic acids is 3. The van der Waals surface area contributed by atoms with Crippen LogP contribution in [-0.2, 0) is 28.6 Å². The number of esters is 3. The highest BCUT2D eigenvalue weighted by Crippen LogP contribution is 2.16. The minimum absolute atomic E-state index is 0.105. The fourth-order valence-corrected chi connectivity index (χ4v) is 8.21. The van der Waals surface area contributed by atoms with Gasteiger partial charge in [-0.1, -0.05) is 271 Å². The minimum atomic E-state index is -0.815. The van der Waals surface area contributed by atoms with Crippen molar-refractivity contribution >= 4 is 17.9 Å². The van der Waals surface area contributed by atoms with E-state index in [4.69, 9.17) is 14.2 Å². The van der Waals surface area contributed by atoms with Crippen LogP contribution in [0.25, 0.3) is 0 Å². The maximum atomic E-state index is 12.9. The Morgan fingerprint density at radius 2 is 0.541 bits per heavy atom. The average molecular weight is 1030 g/mol. The van der Waals surface area contributed by atoms with Crippen LogP contribution in [-0.4, -0.2) is 37.2 Å². The highest BCUT2D eigenvalue weighted by Gasteiger charge is 2.19. The summed E-state index contributed by atoms with van der Waals surface area (Å²) in [5.74, 6) is -0.971. The van der Waals surface area contributed by atoms with E-state index in [0.717, 1.165) is 116 Å². The van der Waals surface area contributed by atoms with Gasteiger partial charge in [-0.2, -0.15) is 0 Å². The first-order valence-electron chi connectivity index (χ1n) is 30.5. The monoisotopic (exact) mass is 1020 g/mol. The predicted octanol–water partition coefficient (Wildman–Crippen LogP) is 20.8. The second kappa shape index (κ2) is 61.4. The molecule has 0 rings (SSSR count). The molecule has 0 aliphatic rings. The van der Waals surface area contributed by atoms with E-state index in [1.165, 1.54) is 109 Å². The molecule has 6 nitrogen and oxygen atoms in total. The van der Waals surface area contributed by atoms with Gasteiger partial charge in [0.2, 0.25) is 0 Å². The number of hydrogen-bond acceptors (Lipinski definition) is 6. The van der Waals surface area contributed by atoms with Gasteiger partial charge in [-0.25, -0.2) is 0 Å². The molecule has 0 spiro atoms. The third kappa shape index (κ3) is 58.7. The molecular formula is C68H112O6. The maximum absolute atomic E-state index is 12.9. The van der Waals surface area contributed by atoms with Crippen LogP contribution in [0, 0.1) is 0 Å². The Morgan fingerprint density at radius 3 is 0.865 bits per heavy atom. The molecular weight excluding hydrogens is 913 g/mol. The Labute approximate surface area is 456 Å². The van der Waals surface area contributed by atoms with Crippen LogP contribution in [0.5, 0.6) is 0 Å². The van der Waals surface area contributed by atoms with Gasteiger partial charge >= 0.3 is 17.9 Å².